The molecule has 0 aliphatic rings. The molecule has 4 nitrogen and oxygen atoms in total. The summed E-state index contributed by atoms with van der Waals surface area (Å²) in [5.74, 6) is -2.44. The van der Waals surface area contributed by atoms with Gasteiger partial charge in [-0.2, -0.15) is 0 Å². The Bertz CT molecular complexity index is 536. The lowest BCUT2D eigenvalue weighted by atomic mass is 10.2. The van der Waals surface area contributed by atoms with E-state index in [1.807, 2.05) is 0 Å². The van der Waals surface area contributed by atoms with E-state index in [1.54, 1.807) is 0 Å². The van der Waals surface area contributed by atoms with Crippen molar-refractivity contribution in [1.82, 2.24) is 0 Å². The van der Waals surface area contributed by atoms with Crippen molar-refractivity contribution in [3.05, 3.63) is 34.1 Å². The van der Waals surface area contributed by atoms with Crippen molar-refractivity contribution in [2.75, 3.05) is 0 Å². The van der Waals surface area contributed by atoms with E-state index < -0.39 is 32.6 Å². The fraction of sp³-hybridized carbons (Fsp3) is 0.364. The molecule has 0 fully saturated rings. The Labute approximate surface area is 113 Å². The van der Waals surface area contributed by atoms with Crippen LogP contribution in [-0.2, 0) is 20.4 Å². The molecule has 18 heavy (non-hydrogen) atoms. The van der Waals surface area contributed by atoms with Gasteiger partial charge in [0.1, 0.15) is 5.82 Å². The van der Waals surface area contributed by atoms with Crippen LogP contribution < -0.4 is 0 Å². The largest absolute Gasteiger partial charge is 0.480 e. The van der Waals surface area contributed by atoms with Crippen LogP contribution in [0.15, 0.2) is 22.7 Å². The summed E-state index contributed by atoms with van der Waals surface area (Å²) in [4.78, 5) is 10.8. The van der Waals surface area contributed by atoms with Crippen molar-refractivity contribution >= 4 is 31.7 Å². The highest BCUT2D eigenvalue weighted by Gasteiger charge is 2.30. The van der Waals surface area contributed by atoms with E-state index in [0.29, 0.717) is 4.47 Å². The van der Waals surface area contributed by atoms with Crippen molar-refractivity contribution in [3.63, 3.8) is 0 Å². The predicted molar refractivity (Wildman–Crippen MR) is 68.4 cm³/mol. The maximum atomic E-state index is 13.1. The second kappa shape index (κ2) is 5.79. The lowest BCUT2D eigenvalue weighted by Gasteiger charge is -2.11. The topological polar surface area (TPSA) is 71.4 Å². The number of rotatable bonds is 5. The van der Waals surface area contributed by atoms with Crippen LogP contribution in [0.1, 0.15) is 18.9 Å². The van der Waals surface area contributed by atoms with Gasteiger partial charge in [-0.25, -0.2) is 12.8 Å². The van der Waals surface area contributed by atoms with Crippen molar-refractivity contribution < 1.29 is 22.7 Å². The molecule has 0 heterocycles. The van der Waals surface area contributed by atoms with Crippen molar-refractivity contribution in [1.29, 1.82) is 0 Å². The molecule has 0 radical (unpaired) electrons. The number of carbonyl (C=O) groups is 1. The minimum Gasteiger partial charge on any atom is -0.480 e. The van der Waals surface area contributed by atoms with Crippen LogP contribution in [0.3, 0.4) is 0 Å². The Morgan fingerprint density at radius 1 is 1.44 bits per heavy atom. The first-order valence-electron chi connectivity index (χ1n) is 5.15. The van der Waals surface area contributed by atoms with Crippen molar-refractivity contribution in [3.8, 4) is 0 Å². The summed E-state index contributed by atoms with van der Waals surface area (Å²) >= 11 is 3.05. The van der Waals surface area contributed by atoms with Crippen LogP contribution in [0.5, 0.6) is 0 Å². The standard InChI is InChI=1S/C11H12BrFO4S/c1-2-10(11(14)15)18(16,17)6-7-3-8(12)5-9(13)4-7/h3-5,10H,2,6H2,1H3,(H,14,15). The fourth-order valence-electron chi connectivity index (χ4n) is 1.61. The number of benzene rings is 1. The van der Waals surface area contributed by atoms with E-state index >= 15 is 0 Å². The van der Waals surface area contributed by atoms with E-state index in [1.165, 1.54) is 19.1 Å². The first-order valence-corrected chi connectivity index (χ1v) is 7.66. The van der Waals surface area contributed by atoms with Gasteiger partial charge in [0.25, 0.3) is 0 Å². The third kappa shape index (κ3) is 3.78. The molecule has 0 saturated heterocycles. The van der Waals surface area contributed by atoms with Crippen LogP contribution in [0.25, 0.3) is 0 Å². The molecule has 1 N–H and O–H groups in total. The highest BCUT2D eigenvalue weighted by atomic mass is 79.9. The Kier molecular flexibility index (Phi) is 4.86. The molecule has 0 aliphatic carbocycles. The Balaban J connectivity index is 3.05. The summed E-state index contributed by atoms with van der Waals surface area (Å²) in [5.41, 5.74) is 0.224. The monoisotopic (exact) mass is 338 g/mol. The second-order valence-electron chi connectivity index (χ2n) is 3.82. The third-order valence-electron chi connectivity index (χ3n) is 2.37. The fourth-order valence-corrected chi connectivity index (χ4v) is 3.77. The summed E-state index contributed by atoms with van der Waals surface area (Å²) in [6.07, 6.45) is -0.0197. The number of halogens is 2. The molecule has 0 amide bonds. The minimum absolute atomic E-state index is 0.0197. The minimum atomic E-state index is -3.85. The van der Waals surface area contributed by atoms with Gasteiger partial charge in [0.05, 0.1) is 5.75 Å². The average molecular weight is 339 g/mol. The molecule has 0 saturated carbocycles. The lowest BCUT2D eigenvalue weighted by molar-refractivity contribution is -0.136. The van der Waals surface area contributed by atoms with E-state index in [-0.39, 0.29) is 12.0 Å². The highest BCUT2D eigenvalue weighted by molar-refractivity contribution is 9.10. The maximum absolute atomic E-state index is 13.1. The van der Waals surface area contributed by atoms with Gasteiger partial charge in [-0.15, -0.1) is 0 Å². The number of hydrogen-bond acceptors (Lipinski definition) is 3. The number of carboxylic acid groups (broad SMARTS) is 1. The van der Waals surface area contributed by atoms with Crippen LogP contribution in [0.4, 0.5) is 4.39 Å². The molecule has 0 aliphatic heterocycles. The lowest BCUT2D eigenvalue weighted by Crippen LogP contribution is -2.30. The van der Waals surface area contributed by atoms with Crippen molar-refractivity contribution in [2.24, 2.45) is 0 Å². The average Bonchev–Trinajstić information content (AvgIpc) is 2.13. The second-order valence-corrected chi connectivity index (χ2v) is 6.92. The molecule has 1 atom stereocenters. The first kappa shape index (κ1) is 15.1. The smallest absolute Gasteiger partial charge is 0.321 e. The molecule has 1 unspecified atom stereocenters. The van der Waals surface area contributed by atoms with Gasteiger partial charge in [-0.05, 0) is 30.2 Å². The number of hydrogen-bond donors (Lipinski definition) is 1. The van der Waals surface area contributed by atoms with Crippen LogP contribution in [0.2, 0.25) is 0 Å². The molecule has 1 rings (SSSR count). The summed E-state index contributed by atoms with van der Waals surface area (Å²) in [6, 6.07) is 3.73. The van der Waals surface area contributed by atoms with E-state index in [0.717, 1.165) is 6.07 Å². The normalized spacial score (nSPS) is 13.3. The Morgan fingerprint density at radius 2 is 2.06 bits per heavy atom. The maximum Gasteiger partial charge on any atom is 0.321 e. The van der Waals surface area contributed by atoms with Crippen LogP contribution in [-0.4, -0.2) is 24.7 Å². The summed E-state index contributed by atoms with van der Waals surface area (Å²) in [6.45, 7) is 1.48. The van der Waals surface area contributed by atoms with Gasteiger partial charge in [0.2, 0.25) is 0 Å². The molecule has 1 aromatic rings. The molecule has 0 bridgehead atoms. The summed E-state index contributed by atoms with van der Waals surface area (Å²) in [5, 5.41) is 7.37. The zero-order chi connectivity index (χ0) is 13.9. The number of carboxylic acids is 1. The summed E-state index contributed by atoms with van der Waals surface area (Å²) < 4.78 is 37.3. The van der Waals surface area contributed by atoms with E-state index in [2.05, 4.69) is 15.9 Å². The molecular weight excluding hydrogens is 327 g/mol. The Hall–Kier alpha value is -0.950. The molecule has 7 heteroatoms. The van der Waals surface area contributed by atoms with Crippen LogP contribution in [0, 0.1) is 5.82 Å². The van der Waals surface area contributed by atoms with Gasteiger partial charge in [0, 0.05) is 4.47 Å². The zero-order valence-electron chi connectivity index (χ0n) is 9.56. The quantitative estimate of drug-likeness (QED) is 0.894. The molecule has 100 valence electrons. The molecule has 0 aromatic heterocycles. The van der Waals surface area contributed by atoms with Gasteiger partial charge >= 0.3 is 5.97 Å². The molecular formula is C11H12BrFO4S. The summed E-state index contributed by atoms with van der Waals surface area (Å²) in [7, 11) is -3.85. The van der Waals surface area contributed by atoms with E-state index in [4.69, 9.17) is 5.11 Å². The van der Waals surface area contributed by atoms with Crippen LogP contribution >= 0.6 is 15.9 Å². The number of aliphatic carboxylic acids is 1. The van der Waals surface area contributed by atoms with E-state index in [9.17, 15) is 17.6 Å². The zero-order valence-corrected chi connectivity index (χ0v) is 12.0. The first-order chi connectivity index (χ1) is 8.26. The molecule has 0 spiro atoms. The molecule has 1 aromatic carbocycles. The van der Waals surface area contributed by atoms with Gasteiger partial charge < -0.3 is 5.11 Å². The van der Waals surface area contributed by atoms with Crippen molar-refractivity contribution in [2.45, 2.75) is 24.3 Å². The van der Waals surface area contributed by atoms with Gasteiger partial charge in [-0.3, -0.25) is 4.79 Å². The van der Waals surface area contributed by atoms with Gasteiger partial charge in [-0.1, -0.05) is 22.9 Å². The SMILES string of the molecule is CCC(C(=O)O)S(=O)(=O)Cc1cc(F)cc(Br)c1. The predicted octanol–water partition coefficient (Wildman–Crippen LogP) is 2.37. The highest BCUT2D eigenvalue weighted by Crippen LogP contribution is 2.19. The number of sulfone groups is 1. The Morgan fingerprint density at radius 3 is 2.50 bits per heavy atom. The van der Waals surface area contributed by atoms with Gasteiger partial charge in [0.15, 0.2) is 15.1 Å². The third-order valence-corrected chi connectivity index (χ3v) is 4.97.